The van der Waals surface area contributed by atoms with E-state index in [2.05, 4.69) is 86.8 Å². The van der Waals surface area contributed by atoms with Gasteiger partial charge < -0.3 is 20.1 Å². The zero-order valence-electron chi connectivity index (χ0n) is 47.4. The van der Waals surface area contributed by atoms with Crippen LogP contribution in [0.2, 0.25) is 0 Å². The largest absolute Gasteiger partial charge is 0.472 e. The van der Waals surface area contributed by atoms with Crippen molar-refractivity contribution in [3.63, 3.8) is 0 Å². The SMILES string of the molecule is CC/C=C\C/C=C\C/C=C\C/C=C\C/C=C\CCCCCCCC(=O)OC(COC(=O)CCCCCCCCCCCCCCCCCCCCC/C=C\CCCCCCCCCC)COP(=O)(O)OCCN. The van der Waals surface area contributed by atoms with Crippen molar-refractivity contribution in [3.8, 4) is 0 Å². The first-order valence-corrected chi connectivity index (χ1v) is 31.9. The summed E-state index contributed by atoms with van der Waals surface area (Å²) in [6.07, 6.45) is 75.5. The third-order valence-corrected chi connectivity index (χ3v) is 14.1. The van der Waals surface area contributed by atoms with Crippen molar-refractivity contribution >= 4 is 19.8 Å². The van der Waals surface area contributed by atoms with Gasteiger partial charge in [-0.15, -0.1) is 0 Å². The third kappa shape index (κ3) is 58.6. The lowest BCUT2D eigenvalue weighted by Crippen LogP contribution is -2.29. The molecule has 424 valence electrons. The van der Waals surface area contributed by atoms with E-state index in [9.17, 15) is 19.0 Å². The maximum atomic E-state index is 12.7. The van der Waals surface area contributed by atoms with E-state index >= 15 is 0 Å². The molecule has 73 heavy (non-hydrogen) atoms. The summed E-state index contributed by atoms with van der Waals surface area (Å²) in [6, 6.07) is 0. The summed E-state index contributed by atoms with van der Waals surface area (Å²) in [5, 5.41) is 0. The molecule has 0 aromatic heterocycles. The van der Waals surface area contributed by atoms with E-state index in [1.165, 1.54) is 167 Å². The summed E-state index contributed by atoms with van der Waals surface area (Å²) in [4.78, 5) is 35.2. The van der Waals surface area contributed by atoms with Crippen LogP contribution in [0.25, 0.3) is 0 Å². The van der Waals surface area contributed by atoms with Crippen LogP contribution in [0.4, 0.5) is 0 Å². The smallest absolute Gasteiger partial charge is 0.462 e. The number of rotatable bonds is 57. The zero-order valence-corrected chi connectivity index (χ0v) is 48.3. The molecule has 0 spiro atoms. The van der Waals surface area contributed by atoms with Crippen molar-refractivity contribution in [1.29, 1.82) is 0 Å². The number of unbranched alkanes of at least 4 members (excludes halogenated alkanes) is 32. The first-order chi connectivity index (χ1) is 35.8. The van der Waals surface area contributed by atoms with Gasteiger partial charge in [0, 0.05) is 19.4 Å². The standard InChI is InChI=1S/C63H114NO8P/c1-3-5-7-9-11-13-15-17-19-21-23-25-26-27-28-29-30-31-32-33-34-36-37-39-41-43-45-47-49-51-53-55-62(65)69-59-61(60-71-73(67,68)70-58-57-64)72-63(66)56-54-52-50-48-46-44-42-40-38-35-24-22-20-18-16-14-12-10-8-6-4-2/h6,8,12,14,18,20-21,23-24,35,40,42,61H,3-5,7,9-11,13,15-17,19,22,25-34,36-39,41,43-60,64H2,1-2H3,(H,67,68)/b8-6-,14-12-,20-18-,23-21-,35-24-,42-40-. The molecule has 0 saturated carbocycles. The van der Waals surface area contributed by atoms with Gasteiger partial charge >= 0.3 is 19.8 Å². The number of hydrogen-bond donors (Lipinski definition) is 2. The van der Waals surface area contributed by atoms with Crippen LogP contribution >= 0.6 is 7.82 Å². The van der Waals surface area contributed by atoms with Crippen molar-refractivity contribution in [2.75, 3.05) is 26.4 Å². The Bertz CT molecular complexity index is 1420. The topological polar surface area (TPSA) is 134 Å². The van der Waals surface area contributed by atoms with Gasteiger partial charge in [-0.05, 0) is 83.5 Å². The van der Waals surface area contributed by atoms with Crippen molar-refractivity contribution in [3.05, 3.63) is 72.9 Å². The van der Waals surface area contributed by atoms with Crippen molar-refractivity contribution < 1.29 is 37.6 Å². The number of ether oxygens (including phenoxy) is 2. The highest BCUT2D eigenvalue weighted by molar-refractivity contribution is 7.47. The summed E-state index contributed by atoms with van der Waals surface area (Å²) < 4.78 is 33.0. The lowest BCUT2D eigenvalue weighted by atomic mass is 10.0. The van der Waals surface area contributed by atoms with Gasteiger partial charge in [-0.3, -0.25) is 18.6 Å². The van der Waals surface area contributed by atoms with Crippen LogP contribution in [0.3, 0.4) is 0 Å². The fourth-order valence-corrected chi connectivity index (χ4v) is 9.37. The predicted molar refractivity (Wildman–Crippen MR) is 312 cm³/mol. The molecule has 0 radical (unpaired) electrons. The lowest BCUT2D eigenvalue weighted by Gasteiger charge is -2.19. The third-order valence-electron chi connectivity index (χ3n) is 13.1. The monoisotopic (exact) mass is 1040 g/mol. The van der Waals surface area contributed by atoms with Gasteiger partial charge in [0.1, 0.15) is 6.61 Å². The molecular weight excluding hydrogens is 930 g/mol. The van der Waals surface area contributed by atoms with Gasteiger partial charge in [0.05, 0.1) is 13.2 Å². The molecule has 0 bridgehead atoms. The summed E-state index contributed by atoms with van der Waals surface area (Å²) in [5.41, 5.74) is 5.38. The van der Waals surface area contributed by atoms with Gasteiger partial charge in [0.15, 0.2) is 6.10 Å². The quantitative estimate of drug-likeness (QED) is 0.0264. The fraction of sp³-hybridized carbons (Fsp3) is 0.778. The number of phosphoric acid groups is 1. The molecule has 0 fully saturated rings. The van der Waals surface area contributed by atoms with Crippen LogP contribution in [0.5, 0.6) is 0 Å². The highest BCUT2D eigenvalue weighted by Crippen LogP contribution is 2.43. The van der Waals surface area contributed by atoms with E-state index in [0.717, 1.165) is 83.5 Å². The number of carbonyl (C=O) groups is 2. The van der Waals surface area contributed by atoms with Crippen LogP contribution in [-0.4, -0.2) is 49.3 Å². The van der Waals surface area contributed by atoms with Gasteiger partial charge in [-0.25, -0.2) is 4.57 Å². The van der Waals surface area contributed by atoms with Gasteiger partial charge in [0.2, 0.25) is 0 Å². The first kappa shape index (κ1) is 70.5. The average Bonchev–Trinajstić information content (AvgIpc) is 3.38. The zero-order chi connectivity index (χ0) is 53.1. The van der Waals surface area contributed by atoms with Crippen LogP contribution in [0.15, 0.2) is 72.9 Å². The van der Waals surface area contributed by atoms with Gasteiger partial charge in [0.25, 0.3) is 0 Å². The van der Waals surface area contributed by atoms with E-state index in [1.54, 1.807) is 0 Å². The minimum Gasteiger partial charge on any atom is -0.462 e. The van der Waals surface area contributed by atoms with E-state index in [0.29, 0.717) is 6.42 Å². The number of allylic oxidation sites excluding steroid dienone is 12. The number of esters is 2. The molecule has 0 heterocycles. The second kappa shape index (κ2) is 58.7. The second-order valence-electron chi connectivity index (χ2n) is 20.2. The molecule has 3 N–H and O–H groups in total. The van der Waals surface area contributed by atoms with Crippen molar-refractivity contribution in [1.82, 2.24) is 0 Å². The molecule has 0 aliphatic heterocycles. The van der Waals surface area contributed by atoms with Crippen molar-refractivity contribution in [2.45, 2.75) is 290 Å². The normalized spacial score (nSPS) is 13.5. The Morgan fingerprint density at radius 1 is 0.425 bits per heavy atom. The molecular formula is C63H114NO8P. The predicted octanol–water partition coefficient (Wildman–Crippen LogP) is 19.3. The number of nitrogens with two attached hydrogens (primary N) is 1. The summed E-state index contributed by atoms with van der Waals surface area (Å²) >= 11 is 0. The maximum absolute atomic E-state index is 12.7. The molecule has 2 unspecified atom stereocenters. The molecule has 0 aromatic carbocycles. The average molecular weight is 1040 g/mol. The summed E-state index contributed by atoms with van der Waals surface area (Å²) in [6.45, 7) is 3.63. The fourth-order valence-electron chi connectivity index (χ4n) is 8.60. The molecule has 9 nitrogen and oxygen atoms in total. The molecule has 0 aliphatic rings. The summed E-state index contributed by atoms with van der Waals surface area (Å²) in [7, 11) is -4.40. The van der Waals surface area contributed by atoms with Crippen LogP contribution in [-0.2, 0) is 32.7 Å². The van der Waals surface area contributed by atoms with Crippen LogP contribution < -0.4 is 5.73 Å². The summed E-state index contributed by atoms with van der Waals surface area (Å²) in [5.74, 6) is -0.843. The van der Waals surface area contributed by atoms with E-state index < -0.39 is 26.5 Å². The molecule has 2 atom stereocenters. The highest BCUT2D eigenvalue weighted by atomic mass is 31.2. The molecule has 0 rings (SSSR count). The minimum atomic E-state index is -4.40. The molecule has 0 amide bonds. The first-order valence-electron chi connectivity index (χ1n) is 30.4. The Hall–Kier alpha value is -2.55. The van der Waals surface area contributed by atoms with Crippen LogP contribution in [0.1, 0.15) is 284 Å². The van der Waals surface area contributed by atoms with E-state index in [-0.39, 0.29) is 38.6 Å². The molecule has 0 aliphatic carbocycles. The van der Waals surface area contributed by atoms with Crippen molar-refractivity contribution in [2.24, 2.45) is 5.73 Å². The Balaban J connectivity index is 3.92. The number of hydrogen-bond acceptors (Lipinski definition) is 8. The number of carbonyl (C=O) groups excluding carboxylic acids is 2. The van der Waals surface area contributed by atoms with Crippen LogP contribution in [0, 0.1) is 0 Å². The Morgan fingerprint density at radius 3 is 1.14 bits per heavy atom. The lowest BCUT2D eigenvalue weighted by molar-refractivity contribution is -0.161. The molecule has 0 aromatic rings. The van der Waals surface area contributed by atoms with Gasteiger partial charge in [-0.1, -0.05) is 260 Å². The second-order valence-corrected chi connectivity index (χ2v) is 21.6. The number of phosphoric ester groups is 1. The Morgan fingerprint density at radius 2 is 0.753 bits per heavy atom. The van der Waals surface area contributed by atoms with Gasteiger partial charge in [-0.2, -0.15) is 0 Å². The molecule has 0 saturated heterocycles. The van der Waals surface area contributed by atoms with E-state index in [4.69, 9.17) is 24.3 Å². The molecule has 10 heteroatoms. The maximum Gasteiger partial charge on any atom is 0.472 e. The Kier molecular flexibility index (Phi) is 56.7. The highest BCUT2D eigenvalue weighted by Gasteiger charge is 2.26. The Labute approximate surface area is 450 Å². The van der Waals surface area contributed by atoms with E-state index in [1.807, 2.05) is 0 Å². The minimum absolute atomic E-state index is 0.0477.